The number of aliphatic carboxylic acids is 1. The van der Waals surface area contributed by atoms with Gasteiger partial charge in [-0.05, 0) is 49.4 Å². The number of carboxylic acids is 1. The average molecular weight is 581 g/mol. The van der Waals surface area contributed by atoms with Crippen molar-refractivity contribution in [3.63, 3.8) is 0 Å². The number of aromatic amines is 1. The van der Waals surface area contributed by atoms with Gasteiger partial charge in [-0.1, -0.05) is 0 Å². The third-order valence-corrected chi connectivity index (χ3v) is 6.64. The summed E-state index contributed by atoms with van der Waals surface area (Å²) in [6.45, 7) is -0.756. The fourth-order valence-corrected chi connectivity index (χ4v) is 4.70. The molecule has 5 N–H and O–H groups in total. The number of carboxylic acid groups (broad SMARTS) is 1. The minimum atomic E-state index is -1.21. The van der Waals surface area contributed by atoms with Gasteiger partial charge in [0.25, 0.3) is 5.91 Å². The van der Waals surface area contributed by atoms with Crippen LogP contribution in [0.25, 0.3) is 22.4 Å². The molecule has 13 nitrogen and oxygen atoms in total. The Morgan fingerprint density at radius 3 is 2.76 bits per heavy atom. The Morgan fingerprint density at radius 2 is 1.93 bits per heavy atom. The highest BCUT2D eigenvalue weighted by Gasteiger charge is 2.26. The fourth-order valence-electron chi connectivity index (χ4n) is 4.70. The van der Waals surface area contributed by atoms with Crippen molar-refractivity contribution in [1.82, 2.24) is 35.6 Å². The number of halogens is 2. The molecule has 2 atom stereocenters. The molecule has 2 amide bonds. The van der Waals surface area contributed by atoms with Gasteiger partial charge in [-0.3, -0.25) is 14.6 Å². The van der Waals surface area contributed by atoms with Gasteiger partial charge >= 0.3 is 12.1 Å². The lowest BCUT2D eigenvalue weighted by Gasteiger charge is -2.30. The molecular weight excluding hydrogens is 554 g/mol. The van der Waals surface area contributed by atoms with Crippen LogP contribution in [-0.2, 0) is 16.1 Å². The second kappa shape index (κ2) is 12.5. The zero-order valence-electron chi connectivity index (χ0n) is 22.1. The van der Waals surface area contributed by atoms with E-state index in [1.165, 1.54) is 18.3 Å². The normalized spacial score (nSPS) is 16.5. The third kappa shape index (κ3) is 6.92. The number of pyridine rings is 2. The maximum absolute atomic E-state index is 14.7. The van der Waals surface area contributed by atoms with E-state index >= 15 is 0 Å². The number of H-pyrrole nitrogens is 1. The summed E-state index contributed by atoms with van der Waals surface area (Å²) in [6.07, 6.45) is 6.93. The predicted octanol–water partition coefficient (Wildman–Crippen LogP) is 3.16. The summed E-state index contributed by atoms with van der Waals surface area (Å²) in [7, 11) is 0. The number of rotatable bonds is 9. The van der Waals surface area contributed by atoms with Crippen LogP contribution in [0.1, 0.15) is 41.7 Å². The molecular formula is C27H26F2N8O5. The molecule has 4 aromatic heterocycles. The van der Waals surface area contributed by atoms with Crippen LogP contribution in [0.3, 0.4) is 0 Å². The maximum Gasteiger partial charge on any atom is 0.407 e. The number of nitrogens with one attached hydrogen (secondary N) is 4. The summed E-state index contributed by atoms with van der Waals surface area (Å²) in [5.41, 5.74) is 1.55. The monoisotopic (exact) mass is 580 g/mol. The lowest BCUT2D eigenvalue weighted by molar-refractivity contribution is -0.135. The van der Waals surface area contributed by atoms with Gasteiger partial charge in [0.05, 0.1) is 12.4 Å². The molecule has 0 unspecified atom stereocenters. The van der Waals surface area contributed by atoms with Gasteiger partial charge in [0.15, 0.2) is 17.5 Å². The largest absolute Gasteiger partial charge is 0.480 e. The first-order valence-corrected chi connectivity index (χ1v) is 13.1. The van der Waals surface area contributed by atoms with Crippen molar-refractivity contribution in [3.05, 3.63) is 65.9 Å². The highest BCUT2D eigenvalue weighted by molar-refractivity contribution is 5.93. The number of carbonyl (C=O) groups excluding carboxylic acids is 2. The van der Waals surface area contributed by atoms with Crippen LogP contribution in [0.5, 0.6) is 0 Å². The molecule has 0 saturated heterocycles. The van der Waals surface area contributed by atoms with E-state index < -0.39 is 36.1 Å². The molecule has 4 heterocycles. The Hall–Kier alpha value is -5.21. The van der Waals surface area contributed by atoms with Gasteiger partial charge in [0.1, 0.15) is 30.3 Å². The maximum atomic E-state index is 14.7. The number of amides is 2. The molecule has 1 fully saturated rings. The Bertz CT molecular complexity index is 1630. The summed E-state index contributed by atoms with van der Waals surface area (Å²) in [6, 6.07) is 3.93. The molecule has 218 valence electrons. The van der Waals surface area contributed by atoms with Crippen molar-refractivity contribution in [2.24, 2.45) is 0 Å². The van der Waals surface area contributed by atoms with E-state index in [1.807, 2.05) is 0 Å². The van der Waals surface area contributed by atoms with E-state index in [9.17, 15) is 23.2 Å². The molecule has 0 spiro atoms. The van der Waals surface area contributed by atoms with Crippen molar-refractivity contribution in [1.29, 1.82) is 0 Å². The first kappa shape index (κ1) is 28.3. The van der Waals surface area contributed by atoms with Crippen LogP contribution >= 0.6 is 0 Å². The molecule has 0 aliphatic heterocycles. The zero-order chi connectivity index (χ0) is 29.6. The number of anilines is 1. The van der Waals surface area contributed by atoms with Gasteiger partial charge in [0.2, 0.25) is 0 Å². The summed E-state index contributed by atoms with van der Waals surface area (Å²) in [4.78, 5) is 54.5. The van der Waals surface area contributed by atoms with Crippen LogP contribution in [0.15, 0.2) is 43.0 Å². The van der Waals surface area contributed by atoms with Crippen LogP contribution in [0.4, 0.5) is 19.4 Å². The first-order chi connectivity index (χ1) is 20.2. The van der Waals surface area contributed by atoms with E-state index in [4.69, 9.17) is 9.84 Å². The molecule has 0 bridgehead atoms. The Kier molecular flexibility index (Phi) is 8.45. The molecule has 0 radical (unpaired) electrons. The molecule has 4 aromatic rings. The van der Waals surface area contributed by atoms with Gasteiger partial charge in [-0.15, -0.1) is 0 Å². The molecule has 1 saturated carbocycles. The van der Waals surface area contributed by atoms with E-state index in [1.54, 1.807) is 12.3 Å². The summed E-state index contributed by atoms with van der Waals surface area (Å²) in [5, 5.41) is 17.2. The Balaban J connectivity index is 1.20. The van der Waals surface area contributed by atoms with Crippen molar-refractivity contribution in [2.75, 3.05) is 11.9 Å². The number of hydrogen-bond acceptors (Lipinski definition) is 9. The molecule has 0 aromatic carbocycles. The zero-order valence-corrected chi connectivity index (χ0v) is 22.1. The summed E-state index contributed by atoms with van der Waals surface area (Å²) >= 11 is 0. The number of carbonyl (C=O) groups is 3. The van der Waals surface area contributed by atoms with Gasteiger partial charge in [-0.25, -0.2) is 28.5 Å². The fraction of sp³-hybridized carbons (Fsp3) is 0.296. The molecule has 5 rings (SSSR count). The van der Waals surface area contributed by atoms with Gasteiger partial charge in [-0.2, -0.15) is 0 Å². The number of hydrogen-bond donors (Lipinski definition) is 5. The minimum absolute atomic E-state index is 0.00236. The van der Waals surface area contributed by atoms with Crippen LogP contribution in [-0.4, -0.2) is 66.6 Å². The smallest absolute Gasteiger partial charge is 0.407 e. The van der Waals surface area contributed by atoms with Gasteiger partial charge in [0, 0.05) is 35.4 Å². The van der Waals surface area contributed by atoms with Crippen LogP contribution in [0, 0.1) is 11.6 Å². The molecule has 1 aliphatic carbocycles. The van der Waals surface area contributed by atoms with E-state index in [0.29, 0.717) is 35.0 Å². The number of ether oxygens (including phenoxy) is 1. The van der Waals surface area contributed by atoms with Crippen LogP contribution in [0.2, 0.25) is 0 Å². The minimum Gasteiger partial charge on any atom is -0.480 e. The van der Waals surface area contributed by atoms with Gasteiger partial charge < -0.3 is 30.8 Å². The SMILES string of the molecule is O=C(O)CNC(=O)OCc1ccnc(C(=O)N[C@@H]2CCC[C@H](Nc3nc(-c4c[nH]c5ncc(F)cc45)ncc3F)C2)c1. The molecule has 42 heavy (non-hydrogen) atoms. The van der Waals surface area contributed by atoms with E-state index in [2.05, 4.69) is 40.9 Å². The highest BCUT2D eigenvalue weighted by atomic mass is 19.1. The van der Waals surface area contributed by atoms with Crippen molar-refractivity contribution in [2.45, 2.75) is 44.4 Å². The average Bonchev–Trinajstić information content (AvgIpc) is 3.39. The second-order valence-electron chi connectivity index (χ2n) is 9.69. The number of alkyl carbamates (subject to hydrolysis) is 1. The number of fused-ring (bicyclic) bond motifs is 1. The summed E-state index contributed by atoms with van der Waals surface area (Å²) in [5.74, 6) is -2.59. The quantitative estimate of drug-likeness (QED) is 0.197. The Morgan fingerprint density at radius 1 is 1.10 bits per heavy atom. The van der Waals surface area contributed by atoms with E-state index in [-0.39, 0.29) is 36.0 Å². The lowest BCUT2D eigenvalue weighted by Crippen LogP contribution is -2.42. The summed E-state index contributed by atoms with van der Waals surface area (Å²) < 4.78 is 33.4. The Labute approximate surface area is 237 Å². The lowest BCUT2D eigenvalue weighted by atomic mass is 9.91. The van der Waals surface area contributed by atoms with E-state index in [0.717, 1.165) is 25.2 Å². The second-order valence-corrected chi connectivity index (χ2v) is 9.69. The molecule has 15 heteroatoms. The third-order valence-electron chi connectivity index (χ3n) is 6.64. The predicted molar refractivity (Wildman–Crippen MR) is 144 cm³/mol. The van der Waals surface area contributed by atoms with Crippen molar-refractivity contribution < 1.29 is 33.0 Å². The first-order valence-electron chi connectivity index (χ1n) is 13.1. The van der Waals surface area contributed by atoms with Crippen molar-refractivity contribution in [3.8, 4) is 11.4 Å². The standard InChI is InChI=1S/C27H26F2N8O5/c28-15-7-18-19(10-32-23(18)31-9-15)24-33-11-20(29)25(37-24)35-16-2-1-3-17(8-16)36-26(40)21-6-14(4-5-30-21)13-42-27(41)34-12-22(38)39/h4-7,9-11,16-17H,1-3,8,12-13H2,(H,31,32)(H,34,41)(H,36,40)(H,38,39)(H,33,35,37)/t16-,17+/m0/s1. The van der Waals surface area contributed by atoms with Crippen molar-refractivity contribution >= 4 is 34.8 Å². The number of nitrogens with zero attached hydrogens (tertiary/aromatic N) is 4. The van der Waals surface area contributed by atoms with Crippen LogP contribution < -0.4 is 16.0 Å². The molecule has 1 aliphatic rings. The topological polar surface area (TPSA) is 184 Å². The highest BCUT2D eigenvalue weighted by Crippen LogP contribution is 2.28. The number of aromatic nitrogens is 5.